The largest absolute Gasteiger partial charge is 0.333 e. The van der Waals surface area contributed by atoms with Gasteiger partial charge in [-0.15, -0.1) is 0 Å². The van der Waals surface area contributed by atoms with E-state index in [0.29, 0.717) is 17.6 Å². The normalized spacial score (nSPS) is 19.7. The molecule has 0 heterocycles. The molecule has 0 spiro atoms. The van der Waals surface area contributed by atoms with E-state index in [0.717, 1.165) is 25.7 Å². The van der Waals surface area contributed by atoms with Crippen molar-refractivity contribution in [3.8, 4) is 0 Å². The number of carbonyl (C=O) groups excluding carboxylic acids is 1. The van der Waals surface area contributed by atoms with Crippen molar-refractivity contribution < 1.29 is 9.18 Å². The molecule has 1 aromatic rings. The van der Waals surface area contributed by atoms with E-state index in [1.54, 1.807) is 0 Å². The van der Waals surface area contributed by atoms with E-state index in [2.05, 4.69) is 0 Å². The maximum absolute atomic E-state index is 13.1. The Kier molecular flexibility index (Phi) is 3.48. The lowest BCUT2D eigenvalue weighted by atomic mass is 10.1. The molecule has 2 aliphatic rings. The average Bonchev–Trinajstić information content (AvgIpc) is 3.04. The molecule has 2 aliphatic carbocycles. The highest BCUT2D eigenvalue weighted by Gasteiger charge is 2.39. The molecule has 0 radical (unpaired) electrons. The average molecular weight is 282 g/mol. The Bertz CT molecular complexity index is 495. The summed E-state index contributed by atoms with van der Waals surface area (Å²) in [6, 6.07) is 4.75. The first kappa shape index (κ1) is 12.9. The third-order valence-corrected chi connectivity index (χ3v) is 4.37. The minimum atomic E-state index is -0.402. The van der Waals surface area contributed by atoms with Crippen LogP contribution in [0.2, 0.25) is 5.02 Å². The summed E-state index contributed by atoms with van der Waals surface area (Å²) in [5.74, 6) is -0.431. The lowest BCUT2D eigenvalue weighted by molar-refractivity contribution is 0.0664. The van der Waals surface area contributed by atoms with E-state index in [-0.39, 0.29) is 10.9 Å². The number of nitrogens with zero attached hydrogens (tertiary/aromatic N) is 1. The van der Waals surface area contributed by atoms with Crippen LogP contribution in [0.15, 0.2) is 18.2 Å². The molecule has 1 amide bonds. The van der Waals surface area contributed by atoms with Gasteiger partial charge in [0.1, 0.15) is 5.82 Å². The fraction of sp³-hybridized carbons (Fsp3) is 0.533. The second-order valence-corrected chi connectivity index (χ2v) is 5.91. The van der Waals surface area contributed by atoms with Gasteiger partial charge in [0.2, 0.25) is 0 Å². The van der Waals surface area contributed by atoms with Crippen molar-refractivity contribution in [3.05, 3.63) is 34.6 Å². The fourth-order valence-electron chi connectivity index (χ4n) is 2.97. The Morgan fingerprint density at radius 1 is 1.16 bits per heavy atom. The van der Waals surface area contributed by atoms with Gasteiger partial charge in [-0.05, 0) is 43.9 Å². The van der Waals surface area contributed by atoms with Crippen LogP contribution in [-0.4, -0.2) is 22.9 Å². The molecule has 3 rings (SSSR count). The second kappa shape index (κ2) is 5.12. The Morgan fingerprint density at radius 2 is 1.79 bits per heavy atom. The highest BCUT2D eigenvalue weighted by molar-refractivity contribution is 6.33. The van der Waals surface area contributed by atoms with Crippen LogP contribution in [0.4, 0.5) is 4.39 Å². The molecule has 0 N–H and O–H groups in total. The van der Waals surface area contributed by atoms with Gasteiger partial charge in [0.15, 0.2) is 0 Å². The molecule has 0 bridgehead atoms. The van der Waals surface area contributed by atoms with E-state index in [9.17, 15) is 9.18 Å². The van der Waals surface area contributed by atoms with Gasteiger partial charge < -0.3 is 4.90 Å². The van der Waals surface area contributed by atoms with Crippen molar-refractivity contribution in [3.63, 3.8) is 0 Å². The lowest BCUT2D eigenvalue weighted by Gasteiger charge is -2.29. The Labute approximate surface area is 117 Å². The topological polar surface area (TPSA) is 20.3 Å². The van der Waals surface area contributed by atoms with Crippen molar-refractivity contribution in [1.29, 1.82) is 0 Å². The highest BCUT2D eigenvalue weighted by Crippen LogP contribution is 2.36. The second-order valence-electron chi connectivity index (χ2n) is 5.51. The SMILES string of the molecule is O=C(c1ccc(F)cc1Cl)N(C1CCCC1)C1CC1. The van der Waals surface area contributed by atoms with Gasteiger partial charge in [0, 0.05) is 12.1 Å². The zero-order valence-corrected chi connectivity index (χ0v) is 11.5. The summed E-state index contributed by atoms with van der Waals surface area (Å²) < 4.78 is 13.1. The molecule has 0 aliphatic heterocycles. The Morgan fingerprint density at radius 3 is 2.37 bits per heavy atom. The molecule has 2 fully saturated rings. The molecule has 4 heteroatoms. The molecule has 0 atom stereocenters. The first-order valence-electron chi connectivity index (χ1n) is 6.94. The van der Waals surface area contributed by atoms with Crippen LogP contribution in [0.25, 0.3) is 0 Å². The molecular weight excluding hydrogens is 265 g/mol. The summed E-state index contributed by atoms with van der Waals surface area (Å²) in [7, 11) is 0. The van der Waals surface area contributed by atoms with Crippen molar-refractivity contribution in [2.75, 3.05) is 0 Å². The number of amides is 1. The van der Waals surface area contributed by atoms with Gasteiger partial charge >= 0.3 is 0 Å². The molecular formula is C15H17ClFNO. The van der Waals surface area contributed by atoms with Crippen molar-refractivity contribution in [1.82, 2.24) is 4.90 Å². The van der Waals surface area contributed by atoms with Gasteiger partial charge in [0.05, 0.1) is 10.6 Å². The summed E-state index contributed by atoms with van der Waals surface area (Å²) in [6.07, 6.45) is 6.72. The number of hydrogen-bond donors (Lipinski definition) is 0. The van der Waals surface area contributed by atoms with Crippen LogP contribution in [-0.2, 0) is 0 Å². The molecule has 2 nitrogen and oxygen atoms in total. The van der Waals surface area contributed by atoms with Crippen LogP contribution in [0.5, 0.6) is 0 Å². The van der Waals surface area contributed by atoms with E-state index in [4.69, 9.17) is 11.6 Å². The van der Waals surface area contributed by atoms with E-state index < -0.39 is 5.82 Å². The maximum Gasteiger partial charge on any atom is 0.255 e. The van der Waals surface area contributed by atoms with Crippen LogP contribution in [0, 0.1) is 5.82 Å². The van der Waals surface area contributed by atoms with E-state index in [1.807, 2.05) is 4.90 Å². The summed E-state index contributed by atoms with van der Waals surface area (Å²) in [4.78, 5) is 14.7. The maximum atomic E-state index is 13.1. The number of rotatable bonds is 3. The number of halogens is 2. The van der Waals surface area contributed by atoms with Gasteiger partial charge in [-0.1, -0.05) is 24.4 Å². The van der Waals surface area contributed by atoms with E-state index in [1.165, 1.54) is 31.0 Å². The predicted octanol–water partition coefficient (Wildman–Crippen LogP) is 4.03. The van der Waals surface area contributed by atoms with Crippen LogP contribution >= 0.6 is 11.6 Å². The Balaban J connectivity index is 1.87. The predicted molar refractivity (Wildman–Crippen MR) is 72.9 cm³/mol. The molecule has 2 saturated carbocycles. The lowest BCUT2D eigenvalue weighted by Crippen LogP contribution is -2.40. The molecule has 0 unspecified atom stereocenters. The number of carbonyl (C=O) groups is 1. The minimum absolute atomic E-state index is 0.0283. The quantitative estimate of drug-likeness (QED) is 0.819. The van der Waals surface area contributed by atoms with Gasteiger partial charge in [-0.3, -0.25) is 4.79 Å². The molecule has 0 saturated heterocycles. The fourth-order valence-corrected chi connectivity index (χ4v) is 3.21. The zero-order valence-electron chi connectivity index (χ0n) is 10.7. The van der Waals surface area contributed by atoms with Gasteiger partial charge in [-0.2, -0.15) is 0 Å². The smallest absolute Gasteiger partial charge is 0.255 e. The van der Waals surface area contributed by atoms with Crippen molar-refractivity contribution >= 4 is 17.5 Å². The van der Waals surface area contributed by atoms with E-state index >= 15 is 0 Å². The Hall–Kier alpha value is -1.09. The van der Waals surface area contributed by atoms with Gasteiger partial charge in [0.25, 0.3) is 5.91 Å². The zero-order chi connectivity index (χ0) is 13.4. The first-order valence-corrected chi connectivity index (χ1v) is 7.32. The highest BCUT2D eigenvalue weighted by atomic mass is 35.5. The summed E-state index contributed by atoms with van der Waals surface area (Å²) in [6.45, 7) is 0. The van der Waals surface area contributed by atoms with Crippen molar-refractivity contribution in [2.45, 2.75) is 50.6 Å². The molecule has 1 aromatic carbocycles. The van der Waals surface area contributed by atoms with Crippen LogP contribution in [0.3, 0.4) is 0 Å². The summed E-state index contributed by atoms with van der Waals surface area (Å²) in [5.41, 5.74) is 0.432. The van der Waals surface area contributed by atoms with Crippen molar-refractivity contribution in [2.24, 2.45) is 0 Å². The number of hydrogen-bond acceptors (Lipinski definition) is 1. The number of benzene rings is 1. The minimum Gasteiger partial charge on any atom is -0.333 e. The molecule has 19 heavy (non-hydrogen) atoms. The van der Waals surface area contributed by atoms with Crippen LogP contribution in [0.1, 0.15) is 48.9 Å². The first-order chi connectivity index (χ1) is 9.16. The summed E-state index contributed by atoms with van der Waals surface area (Å²) in [5, 5.41) is 0.216. The third kappa shape index (κ3) is 2.62. The monoisotopic (exact) mass is 281 g/mol. The van der Waals surface area contributed by atoms with Gasteiger partial charge in [-0.25, -0.2) is 4.39 Å². The standard InChI is InChI=1S/C15H17ClFNO/c16-14-9-10(17)5-8-13(14)15(19)18(12-6-7-12)11-3-1-2-4-11/h5,8-9,11-12H,1-4,6-7H2. The third-order valence-electron chi connectivity index (χ3n) is 4.05. The summed E-state index contributed by atoms with van der Waals surface area (Å²) >= 11 is 6.01. The molecule has 102 valence electrons. The molecule has 0 aromatic heterocycles. The van der Waals surface area contributed by atoms with Crippen LogP contribution < -0.4 is 0 Å².